The van der Waals surface area contributed by atoms with Crippen molar-refractivity contribution in [1.82, 2.24) is 0 Å². The number of ketones is 1. The first-order valence-electron chi connectivity index (χ1n) is 21.3. The van der Waals surface area contributed by atoms with Crippen molar-refractivity contribution in [2.45, 2.75) is 263 Å². The monoisotopic (exact) mass is 668 g/mol. The Morgan fingerprint density at radius 2 is 0.681 bits per heavy atom. The van der Waals surface area contributed by atoms with Crippen LogP contribution in [0.2, 0.25) is 0 Å². The van der Waals surface area contributed by atoms with Gasteiger partial charge in [0.05, 0.1) is 18.2 Å². The molecular formula is C42H85NO4. The van der Waals surface area contributed by atoms with Gasteiger partial charge in [0.25, 0.3) is 0 Å². The van der Waals surface area contributed by atoms with Crippen LogP contribution >= 0.6 is 0 Å². The zero-order valence-corrected chi connectivity index (χ0v) is 31.9. The Morgan fingerprint density at radius 3 is 0.979 bits per heavy atom. The molecule has 5 heteroatoms. The van der Waals surface area contributed by atoms with E-state index in [1.165, 1.54) is 173 Å². The largest absolute Gasteiger partial charge is 0.390 e. The summed E-state index contributed by atoms with van der Waals surface area (Å²) in [6, 6.07) is -1.13. The first-order valence-corrected chi connectivity index (χ1v) is 21.3. The summed E-state index contributed by atoms with van der Waals surface area (Å²) in [6.45, 7) is 4.54. The van der Waals surface area contributed by atoms with Crippen molar-refractivity contribution in [3.63, 3.8) is 0 Å². The Labute approximate surface area is 294 Å². The molecule has 0 saturated carbocycles. The van der Waals surface area contributed by atoms with Crippen LogP contribution in [0, 0.1) is 0 Å². The third-order valence-corrected chi connectivity index (χ3v) is 10.4. The molecule has 282 valence electrons. The molecule has 0 aromatic carbocycles. The van der Waals surface area contributed by atoms with Gasteiger partial charge in [0.1, 0.15) is 6.10 Å². The zero-order chi connectivity index (χ0) is 34.6. The molecule has 5 nitrogen and oxygen atoms in total. The van der Waals surface area contributed by atoms with Gasteiger partial charge < -0.3 is 21.1 Å². The summed E-state index contributed by atoms with van der Waals surface area (Å²) >= 11 is 0. The van der Waals surface area contributed by atoms with Crippen molar-refractivity contribution in [1.29, 1.82) is 0 Å². The van der Waals surface area contributed by atoms with Gasteiger partial charge >= 0.3 is 0 Å². The highest BCUT2D eigenvalue weighted by molar-refractivity contribution is 5.83. The van der Waals surface area contributed by atoms with E-state index in [1.807, 2.05) is 0 Å². The van der Waals surface area contributed by atoms with Crippen LogP contribution < -0.4 is 5.73 Å². The van der Waals surface area contributed by atoms with Crippen LogP contribution in [0.1, 0.15) is 239 Å². The third-order valence-electron chi connectivity index (χ3n) is 10.4. The van der Waals surface area contributed by atoms with Gasteiger partial charge in [-0.2, -0.15) is 0 Å². The fourth-order valence-corrected chi connectivity index (χ4v) is 6.90. The first kappa shape index (κ1) is 46.5. The summed E-state index contributed by atoms with van der Waals surface area (Å²) in [4.78, 5) is 12.5. The molecule has 0 heterocycles. The molecule has 0 fully saturated rings. The number of hydrogen-bond donors (Lipinski definition) is 4. The highest BCUT2D eigenvalue weighted by Gasteiger charge is 2.32. The number of carbonyl (C=O) groups is 1. The van der Waals surface area contributed by atoms with E-state index in [9.17, 15) is 20.1 Å². The van der Waals surface area contributed by atoms with Crippen LogP contribution in [0.4, 0.5) is 0 Å². The average molecular weight is 668 g/mol. The molecule has 5 N–H and O–H groups in total. The number of hydrogen-bond acceptors (Lipinski definition) is 5. The van der Waals surface area contributed by atoms with E-state index < -0.39 is 24.4 Å². The lowest BCUT2D eigenvalue weighted by Crippen LogP contribution is -2.52. The molecule has 0 bridgehead atoms. The Kier molecular flexibility index (Phi) is 36.4. The molecule has 1 unspecified atom stereocenters. The number of aliphatic hydroxyl groups excluding tert-OH is 3. The minimum absolute atomic E-state index is 0.287. The predicted octanol–water partition coefficient (Wildman–Crippen LogP) is 11.7. The van der Waals surface area contributed by atoms with Crippen LogP contribution in [0.5, 0.6) is 0 Å². The molecule has 0 aliphatic rings. The second-order valence-corrected chi connectivity index (χ2v) is 15.0. The molecular weight excluding hydrogens is 582 g/mol. The summed E-state index contributed by atoms with van der Waals surface area (Å²) in [6.07, 6.45) is 39.7. The van der Waals surface area contributed by atoms with Gasteiger partial charge in [-0.05, 0) is 12.8 Å². The molecule has 0 aliphatic carbocycles. The maximum Gasteiger partial charge on any atom is 0.162 e. The lowest BCUT2D eigenvalue weighted by molar-refractivity contribution is -0.131. The molecule has 0 saturated heterocycles. The minimum atomic E-state index is -1.41. The lowest BCUT2D eigenvalue weighted by Gasteiger charge is -2.27. The third kappa shape index (κ3) is 31.2. The fourth-order valence-electron chi connectivity index (χ4n) is 6.90. The molecule has 0 spiro atoms. The Balaban J connectivity index is 3.58. The smallest absolute Gasteiger partial charge is 0.162 e. The van der Waals surface area contributed by atoms with Crippen LogP contribution in [-0.2, 0) is 4.79 Å². The predicted molar refractivity (Wildman–Crippen MR) is 204 cm³/mol. The maximum absolute atomic E-state index is 12.5. The van der Waals surface area contributed by atoms with Crippen molar-refractivity contribution in [2.75, 3.05) is 0 Å². The van der Waals surface area contributed by atoms with E-state index in [2.05, 4.69) is 13.8 Å². The first-order chi connectivity index (χ1) is 23.0. The van der Waals surface area contributed by atoms with Gasteiger partial charge in [-0.1, -0.05) is 219 Å². The van der Waals surface area contributed by atoms with Gasteiger partial charge in [0.15, 0.2) is 5.78 Å². The highest BCUT2D eigenvalue weighted by Crippen LogP contribution is 2.18. The number of rotatable bonds is 39. The molecule has 0 aromatic heterocycles. The summed E-state index contributed by atoms with van der Waals surface area (Å²) in [5, 5.41) is 31.2. The second-order valence-electron chi connectivity index (χ2n) is 15.0. The van der Waals surface area contributed by atoms with Gasteiger partial charge in [-0.15, -0.1) is 0 Å². The molecule has 47 heavy (non-hydrogen) atoms. The number of carbonyl (C=O) groups excluding carboxylic acids is 1. The molecule has 0 rings (SSSR count). The van der Waals surface area contributed by atoms with Gasteiger partial charge in [0, 0.05) is 6.42 Å². The van der Waals surface area contributed by atoms with Crippen LogP contribution in [0.25, 0.3) is 0 Å². The molecule has 0 aromatic rings. The molecule has 4 atom stereocenters. The van der Waals surface area contributed by atoms with Gasteiger partial charge in [0.2, 0.25) is 0 Å². The molecule has 0 radical (unpaired) electrons. The average Bonchev–Trinajstić information content (AvgIpc) is 3.08. The van der Waals surface area contributed by atoms with E-state index in [4.69, 9.17) is 5.73 Å². The Bertz CT molecular complexity index is 630. The van der Waals surface area contributed by atoms with Crippen molar-refractivity contribution in [2.24, 2.45) is 5.73 Å². The van der Waals surface area contributed by atoms with Crippen molar-refractivity contribution in [3.05, 3.63) is 0 Å². The highest BCUT2D eigenvalue weighted by atomic mass is 16.3. The SMILES string of the molecule is CCCCCCCCCCCCCCCCCCCCCCCC(=O)C(O)[C@H](N)[C@H](O)[C@H](O)CCCCCCCCCCCCCC. The standard InChI is InChI=1S/C42H85NO4/c1-3-5-7-9-11-13-15-17-18-19-20-21-22-23-24-25-27-29-31-33-35-37-39(45)42(47)40(43)41(46)38(44)36-34-32-30-28-26-16-14-12-10-8-6-4-2/h38,40-42,44,46-47H,3-37,43H2,1-2H3/t38-,40-,41-,42?/m1/s1. The number of nitrogens with two attached hydrogens (primary N) is 1. The van der Waals surface area contributed by atoms with Crippen LogP contribution in [0.3, 0.4) is 0 Å². The summed E-state index contributed by atoms with van der Waals surface area (Å²) in [7, 11) is 0. The van der Waals surface area contributed by atoms with Gasteiger partial charge in [-0.25, -0.2) is 0 Å². The Morgan fingerprint density at radius 1 is 0.426 bits per heavy atom. The van der Waals surface area contributed by atoms with Crippen LogP contribution in [0.15, 0.2) is 0 Å². The van der Waals surface area contributed by atoms with Crippen molar-refractivity contribution >= 4 is 5.78 Å². The summed E-state index contributed by atoms with van der Waals surface area (Å²) in [5.41, 5.74) is 6.00. The van der Waals surface area contributed by atoms with E-state index in [0.717, 1.165) is 38.5 Å². The van der Waals surface area contributed by atoms with Crippen molar-refractivity contribution < 1.29 is 20.1 Å². The van der Waals surface area contributed by atoms with Crippen molar-refractivity contribution in [3.8, 4) is 0 Å². The van der Waals surface area contributed by atoms with E-state index >= 15 is 0 Å². The minimum Gasteiger partial charge on any atom is -0.390 e. The zero-order valence-electron chi connectivity index (χ0n) is 31.9. The normalized spacial score (nSPS) is 14.3. The van der Waals surface area contributed by atoms with Crippen LogP contribution in [-0.4, -0.2) is 45.5 Å². The summed E-state index contributed by atoms with van der Waals surface area (Å²) in [5.74, 6) is -0.313. The molecule has 0 aliphatic heterocycles. The number of Topliss-reactive ketones (excluding diaryl/α,β-unsaturated/α-hetero) is 1. The van der Waals surface area contributed by atoms with E-state index in [-0.39, 0.29) is 12.2 Å². The maximum atomic E-state index is 12.5. The number of unbranched alkanes of at least 4 members (excludes halogenated alkanes) is 31. The topological polar surface area (TPSA) is 104 Å². The Hall–Kier alpha value is -0.490. The lowest BCUT2D eigenvalue weighted by atomic mass is 9.93. The molecule has 0 amide bonds. The van der Waals surface area contributed by atoms with E-state index in [0.29, 0.717) is 6.42 Å². The number of aliphatic hydroxyl groups is 3. The van der Waals surface area contributed by atoms with Gasteiger partial charge in [-0.3, -0.25) is 4.79 Å². The quantitative estimate of drug-likeness (QED) is 0.0488. The summed E-state index contributed by atoms with van der Waals surface area (Å²) < 4.78 is 0. The van der Waals surface area contributed by atoms with E-state index in [1.54, 1.807) is 0 Å². The second kappa shape index (κ2) is 36.8. The fraction of sp³-hybridized carbons (Fsp3) is 0.976.